The van der Waals surface area contributed by atoms with E-state index in [0.717, 1.165) is 24.8 Å². The number of hydrogen-bond donors (Lipinski definition) is 1. The monoisotopic (exact) mass is 261 g/mol. The molecule has 3 heterocycles. The van der Waals surface area contributed by atoms with Gasteiger partial charge in [-0.2, -0.15) is 5.10 Å². The number of hydrogen-bond acceptors (Lipinski definition) is 4. The molecule has 2 aromatic rings. The third-order valence-corrected chi connectivity index (χ3v) is 3.77. The SMILES string of the molecule is C[C@@H]1CCCN(Cc2nc3c(cnn3C)c(=O)[nH]2)C1. The van der Waals surface area contributed by atoms with E-state index in [0.29, 0.717) is 17.6 Å². The molecule has 1 saturated heterocycles. The summed E-state index contributed by atoms with van der Waals surface area (Å²) in [5, 5.41) is 4.63. The molecule has 0 aromatic carbocycles. The van der Waals surface area contributed by atoms with Gasteiger partial charge in [0.15, 0.2) is 5.65 Å². The van der Waals surface area contributed by atoms with Crippen LogP contribution >= 0.6 is 0 Å². The van der Waals surface area contributed by atoms with E-state index >= 15 is 0 Å². The molecular weight excluding hydrogens is 242 g/mol. The molecule has 0 unspecified atom stereocenters. The first kappa shape index (κ1) is 12.3. The average Bonchev–Trinajstić information content (AvgIpc) is 2.72. The maximum atomic E-state index is 12.0. The van der Waals surface area contributed by atoms with Crippen LogP contribution in [0.4, 0.5) is 0 Å². The van der Waals surface area contributed by atoms with Crippen molar-refractivity contribution in [2.45, 2.75) is 26.3 Å². The average molecular weight is 261 g/mol. The topological polar surface area (TPSA) is 66.8 Å². The second kappa shape index (κ2) is 4.77. The zero-order chi connectivity index (χ0) is 13.4. The molecule has 0 spiro atoms. The fourth-order valence-electron chi connectivity index (χ4n) is 2.80. The van der Waals surface area contributed by atoms with E-state index in [2.05, 4.69) is 26.9 Å². The molecular formula is C13H19N5O. The van der Waals surface area contributed by atoms with Crippen molar-refractivity contribution in [2.24, 2.45) is 13.0 Å². The number of aromatic amines is 1. The molecule has 102 valence electrons. The van der Waals surface area contributed by atoms with Crippen molar-refractivity contribution < 1.29 is 0 Å². The lowest BCUT2D eigenvalue weighted by Gasteiger charge is -2.30. The van der Waals surface area contributed by atoms with Crippen molar-refractivity contribution in [2.75, 3.05) is 13.1 Å². The van der Waals surface area contributed by atoms with Gasteiger partial charge in [0.1, 0.15) is 11.2 Å². The van der Waals surface area contributed by atoms with E-state index in [-0.39, 0.29) is 5.56 Å². The summed E-state index contributed by atoms with van der Waals surface area (Å²) in [5.41, 5.74) is 0.557. The molecule has 1 aliphatic rings. The first-order valence-corrected chi connectivity index (χ1v) is 6.77. The van der Waals surface area contributed by atoms with Crippen LogP contribution in [0.2, 0.25) is 0 Å². The third-order valence-electron chi connectivity index (χ3n) is 3.77. The van der Waals surface area contributed by atoms with Crippen molar-refractivity contribution in [1.29, 1.82) is 0 Å². The van der Waals surface area contributed by atoms with Gasteiger partial charge in [-0.1, -0.05) is 6.92 Å². The summed E-state index contributed by atoms with van der Waals surface area (Å²) in [7, 11) is 1.81. The van der Waals surface area contributed by atoms with E-state index in [4.69, 9.17) is 0 Å². The number of nitrogens with one attached hydrogen (secondary N) is 1. The molecule has 6 heteroatoms. The molecule has 0 bridgehead atoms. The second-order valence-electron chi connectivity index (χ2n) is 5.50. The van der Waals surface area contributed by atoms with Gasteiger partial charge >= 0.3 is 0 Å². The van der Waals surface area contributed by atoms with Crippen LogP contribution in [0.1, 0.15) is 25.6 Å². The highest BCUT2D eigenvalue weighted by Gasteiger charge is 2.17. The summed E-state index contributed by atoms with van der Waals surface area (Å²) < 4.78 is 1.65. The summed E-state index contributed by atoms with van der Waals surface area (Å²) in [6.07, 6.45) is 4.08. The van der Waals surface area contributed by atoms with Gasteiger partial charge in [-0.15, -0.1) is 0 Å². The Kier molecular flexibility index (Phi) is 3.10. The minimum Gasteiger partial charge on any atom is -0.309 e. The molecule has 6 nitrogen and oxygen atoms in total. The maximum absolute atomic E-state index is 12.0. The van der Waals surface area contributed by atoms with Gasteiger partial charge < -0.3 is 4.98 Å². The minimum absolute atomic E-state index is 0.0989. The fourth-order valence-corrected chi connectivity index (χ4v) is 2.80. The van der Waals surface area contributed by atoms with E-state index in [1.165, 1.54) is 12.8 Å². The number of nitrogens with zero attached hydrogens (tertiary/aromatic N) is 4. The predicted octanol–water partition coefficient (Wildman–Crippen LogP) is 0.888. The number of aromatic nitrogens is 4. The van der Waals surface area contributed by atoms with Crippen LogP contribution in [-0.2, 0) is 13.6 Å². The molecule has 1 fully saturated rings. The lowest BCUT2D eigenvalue weighted by Crippen LogP contribution is -2.34. The Balaban J connectivity index is 1.88. The van der Waals surface area contributed by atoms with Gasteiger partial charge in [0, 0.05) is 13.6 Å². The Morgan fingerprint density at radius 3 is 3.16 bits per heavy atom. The van der Waals surface area contributed by atoms with Crippen LogP contribution in [0, 0.1) is 5.92 Å². The van der Waals surface area contributed by atoms with Gasteiger partial charge in [0.05, 0.1) is 12.7 Å². The Morgan fingerprint density at radius 1 is 1.53 bits per heavy atom. The minimum atomic E-state index is -0.0989. The molecule has 0 saturated carbocycles. The maximum Gasteiger partial charge on any atom is 0.262 e. The quantitative estimate of drug-likeness (QED) is 0.871. The molecule has 0 radical (unpaired) electrons. The Bertz CT molecular complexity index is 644. The lowest BCUT2D eigenvalue weighted by atomic mass is 10.0. The Morgan fingerprint density at radius 2 is 2.37 bits per heavy atom. The largest absolute Gasteiger partial charge is 0.309 e. The Labute approximate surface area is 111 Å². The number of aryl methyl sites for hydroxylation is 1. The van der Waals surface area contributed by atoms with Crippen LogP contribution in [0.25, 0.3) is 11.0 Å². The van der Waals surface area contributed by atoms with E-state index < -0.39 is 0 Å². The number of H-pyrrole nitrogens is 1. The van der Waals surface area contributed by atoms with Crippen molar-refractivity contribution >= 4 is 11.0 Å². The smallest absolute Gasteiger partial charge is 0.262 e. The van der Waals surface area contributed by atoms with Crippen molar-refractivity contribution in [3.63, 3.8) is 0 Å². The Hall–Kier alpha value is -1.69. The first-order valence-electron chi connectivity index (χ1n) is 6.77. The zero-order valence-corrected chi connectivity index (χ0v) is 11.4. The van der Waals surface area contributed by atoms with E-state index in [1.54, 1.807) is 10.9 Å². The van der Waals surface area contributed by atoms with Crippen molar-refractivity contribution in [3.8, 4) is 0 Å². The molecule has 19 heavy (non-hydrogen) atoms. The molecule has 0 aliphatic carbocycles. The number of rotatable bonds is 2. The highest BCUT2D eigenvalue weighted by atomic mass is 16.1. The van der Waals surface area contributed by atoms with Crippen molar-refractivity contribution in [3.05, 3.63) is 22.4 Å². The van der Waals surface area contributed by atoms with Crippen molar-refractivity contribution in [1.82, 2.24) is 24.6 Å². The summed E-state index contributed by atoms with van der Waals surface area (Å²) in [5.74, 6) is 1.45. The zero-order valence-electron chi connectivity index (χ0n) is 11.4. The fraction of sp³-hybridized carbons (Fsp3) is 0.615. The molecule has 1 aliphatic heterocycles. The van der Waals surface area contributed by atoms with Gasteiger partial charge in [-0.05, 0) is 25.3 Å². The summed E-state index contributed by atoms with van der Waals surface area (Å²) in [6, 6.07) is 0. The summed E-state index contributed by atoms with van der Waals surface area (Å²) in [4.78, 5) is 21.7. The number of piperidine rings is 1. The van der Waals surface area contributed by atoms with Gasteiger partial charge in [0.2, 0.25) is 0 Å². The predicted molar refractivity (Wildman–Crippen MR) is 72.8 cm³/mol. The van der Waals surface area contributed by atoms with Crippen LogP contribution in [0.3, 0.4) is 0 Å². The summed E-state index contributed by atoms with van der Waals surface area (Å²) >= 11 is 0. The third kappa shape index (κ3) is 2.40. The first-order chi connectivity index (χ1) is 9.13. The highest BCUT2D eigenvalue weighted by molar-refractivity contribution is 5.72. The molecule has 3 rings (SSSR count). The lowest BCUT2D eigenvalue weighted by molar-refractivity contribution is 0.173. The van der Waals surface area contributed by atoms with Crippen LogP contribution in [-0.4, -0.2) is 37.7 Å². The second-order valence-corrected chi connectivity index (χ2v) is 5.50. The van der Waals surface area contributed by atoms with Gasteiger partial charge in [-0.25, -0.2) is 4.98 Å². The van der Waals surface area contributed by atoms with Crippen LogP contribution < -0.4 is 5.56 Å². The molecule has 1 atom stereocenters. The number of likely N-dealkylation sites (tertiary alicyclic amines) is 1. The molecule has 2 aromatic heterocycles. The highest BCUT2D eigenvalue weighted by Crippen LogP contribution is 2.16. The molecule has 1 N–H and O–H groups in total. The summed E-state index contributed by atoms with van der Waals surface area (Å²) in [6.45, 7) is 5.14. The van der Waals surface area contributed by atoms with Crippen LogP contribution in [0.15, 0.2) is 11.0 Å². The standard InChI is InChI=1S/C13H19N5O/c1-9-4-3-5-18(7-9)8-11-15-12-10(13(19)16-11)6-14-17(12)2/h6,9H,3-5,7-8H2,1-2H3,(H,15,16,19)/t9-/m1/s1. The van der Waals surface area contributed by atoms with E-state index in [1.807, 2.05) is 7.05 Å². The van der Waals surface area contributed by atoms with Gasteiger partial charge in [-0.3, -0.25) is 14.4 Å². The van der Waals surface area contributed by atoms with Gasteiger partial charge in [0.25, 0.3) is 5.56 Å². The molecule has 0 amide bonds. The van der Waals surface area contributed by atoms with Crippen LogP contribution in [0.5, 0.6) is 0 Å². The number of fused-ring (bicyclic) bond motifs is 1. The van der Waals surface area contributed by atoms with E-state index in [9.17, 15) is 4.79 Å². The normalized spacial score (nSPS) is 21.1.